The Balaban J connectivity index is 2.07. The third kappa shape index (κ3) is 3.68. The molecule has 3 rings (SSSR count). The normalized spacial score (nSPS) is 26.2. The number of hydrogen-bond donors (Lipinski definition) is 0. The van der Waals surface area contributed by atoms with Crippen molar-refractivity contribution in [3.05, 3.63) is 47.5 Å². The first-order chi connectivity index (χ1) is 13.6. The Morgan fingerprint density at radius 2 is 1.86 bits per heavy atom. The zero-order valence-electron chi connectivity index (χ0n) is 17.7. The number of allylic oxidation sites excluding steroid dienone is 1. The maximum atomic E-state index is 13.7. The summed E-state index contributed by atoms with van der Waals surface area (Å²) >= 11 is 0. The predicted octanol–water partition coefficient (Wildman–Crippen LogP) is 3.89. The average molecular weight is 399 g/mol. The summed E-state index contributed by atoms with van der Waals surface area (Å²) in [5.74, 6) is -1.32. The summed E-state index contributed by atoms with van der Waals surface area (Å²) in [5.41, 5.74) is 0.132. The number of imide groups is 1. The van der Waals surface area contributed by atoms with Crippen LogP contribution in [-0.4, -0.2) is 41.1 Å². The second-order valence-corrected chi connectivity index (χ2v) is 8.72. The maximum Gasteiger partial charge on any atom is 0.417 e. The number of ether oxygens (including phenoxy) is 2. The number of carbonyl (C=O) groups is 3. The first-order valence-corrected chi connectivity index (χ1v) is 10.1. The zero-order chi connectivity index (χ0) is 21.4. The number of nitrogens with zero attached hydrogens (tertiary/aromatic N) is 1. The molecule has 6 nitrogen and oxygen atoms in total. The van der Waals surface area contributed by atoms with Crippen molar-refractivity contribution >= 4 is 18.0 Å². The van der Waals surface area contributed by atoms with E-state index >= 15 is 0 Å². The van der Waals surface area contributed by atoms with Gasteiger partial charge in [0.15, 0.2) is 0 Å². The zero-order valence-corrected chi connectivity index (χ0v) is 17.7. The highest BCUT2D eigenvalue weighted by atomic mass is 16.6. The SMILES string of the molecule is CCOC(=O)[C@@H]1[C@H]2CC=C(C)[C@@]2(Cc2ccccc2)C(=O)N1C(=O)OC(C)(C)C. The fraction of sp³-hybridized carbons (Fsp3) is 0.522. The van der Waals surface area contributed by atoms with Crippen LogP contribution in [0.4, 0.5) is 4.79 Å². The Hall–Kier alpha value is -2.63. The smallest absolute Gasteiger partial charge is 0.417 e. The molecule has 0 N–H and O–H groups in total. The molecule has 1 aliphatic heterocycles. The first kappa shape index (κ1) is 21.1. The lowest BCUT2D eigenvalue weighted by Gasteiger charge is -2.29. The van der Waals surface area contributed by atoms with Crippen molar-refractivity contribution in [1.82, 2.24) is 4.90 Å². The molecule has 0 saturated carbocycles. The molecule has 1 aromatic carbocycles. The van der Waals surface area contributed by atoms with Gasteiger partial charge in [-0.15, -0.1) is 0 Å². The molecule has 1 saturated heterocycles. The number of esters is 1. The van der Waals surface area contributed by atoms with Gasteiger partial charge in [-0.3, -0.25) is 4.79 Å². The van der Waals surface area contributed by atoms with E-state index in [1.165, 1.54) is 0 Å². The Bertz CT molecular complexity index is 839. The van der Waals surface area contributed by atoms with Crippen LogP contribution in [-0.2, 0) is 25.5 Å². The van der Waals surface area contributed by atoms with E-state index in [0.29, 0.717) is 12.8 Å². The third-order valence-electron chi connectivity index (χ3n) is 5.72. The number of carbonyl (C=O) groups excluding carboxylic acids is 3. The minimum Gasteiger partial charge on any atom is -0.464 e. The molecule has 0 spiro atoms. The van der Waals surface area contributed by atoms with Crippen molar-refractivity contribution in [3.63, 3.8) is 0 Å². The summed E-state index contributed by atoms with van der Waals surface area (Å²) < 4.78 is 10.7. The monoisotopic (exact) mass is 399 g/mol. The molecular formula is C23H29NO5. The maximum absolute atomic E-state index is 13.7. The summed E-state index contributed by atoms with van der Waals surface area (Å²) in [4.78, 5) is 40.6. The Labute approximate surface area is 171 Å². The summed E-state index contributed by atoms with van der Waals surface area (Å²) in [6.45, 7) is 8.99. The predicted molar refractivity (Wildman–Crippen MR) is 108 cm³/mol. The number of benzene rings is 1. The van der Waals surface area contributed by atoms with Crippen LogP contribution < -0.4 is 0 Å². The number of fused-ring (bicyclic) bond motifs is 1. The minimum atomic E-state index is -0.991. The van der Waals surface area contributed by atoms with Gasteiger partial charge in [0, 0.05) is 5.92 Å². The highest BCUT2D eigenvalue weighted by Crippen LogP contribution is 2.55. The molecule has 29 heavy (non-hydrogen) atoms. The molecule has 2 aliphatic rings. The van der Waals surface area contributed by atoms with Crippen LogP contribution in [0.15, 0.2) is 42.0 Å². The van der Waals surface area contributed by atoms with Gasteiger partial charge in [-0.05, 0) is 53.0 Å². The number of hydrogen-bond acceptors (Lipinski definition) is 5. The fourth-order valence-electron chi connectivity index (χ4n) is 4.50. The lowest BCUT2D eigenvalue weighted by Crippen LogP contribution is -2.48. The minimum absolute atomic E-state index is 0.177. The quantitative estimate of drug-likeness (QED) is 0.567. The molecule has 1 heterocycles. The van der Waals surface area contributed by atoms with E-state index < -0.39 is 29.1 Å². The van der Waals surface area contributed by atoms with Crippen molar-refractivity contribution in [3.8, 4) is 0 Å². The van der Waals surface area contributed by atoms with E-state index in [0.717, 1.165) is 16.0 Å². The highest BCUT2D eigenvalue weighted by Gasteiger charge is 2.66. The van der Waals surface area contributed by atoms with Gasteiger partial charge >= 0.3 is 12.1 Å². The summed E-state index contributed by atoms with van der Waals surface area (Å²) in [6, 6.07) is 8.68. The standard InChI is InChI=1S/C23H29NO5/c1-6-28-19(25)18-17-13-12-15(2)23(17,14-16-10-8-7-9-11-16)20(26)24(18)21(27)29-22(3,4)5/h7-12,17-18H,6,13-14H2,1-5H3/t17-,18+,23-/m1/s1. The van der Waals surface area contributed by atoms with Gasteiger partial charge in [0.2, 0.25) is 5.91 Å². The van der Waals surface area contributed by atoms with E-state index in [1.54, 1.807) is 27.7 Å². The van der Waals surface area contributed by atoms with Gasteiger partial charge in [-0.25, -0.2) is 14.5 Å². The lowest BCUT2D eigenvalue weighted by molar-refractivity contribution is -0.152. The second-order valence-electron chi connectivity index (χ2n) is 8.72. The number of likely N-dealkylation sites (tertiary alicyclic amines) is 1. The molecule has 156 valence electrons. The van der Waals surface area contributed by atoms with E-state index in [9.17, 15) is 14.4 Å². The van der Waals surface area contributed by atoms with E-state index in [2.05, 4.69) is 0 Å². The van der Waals surface area contributed by atoms with Crippen molar-refractivity contribution < 1.29 is 23.9 Å². The van der Waals surface area contributed by atoms with Gasteiger partial charge in [0.25, 0.3) is 0 Å². The lowest BCUT2D eigenvalue weighted by atomic mass is 9.70. The van der Waals surface area contributed by atoms with Crippen molar-refractivity contribution in [2.24, 2.45) is 11.3 Å². The molecule has 1 fully saturated rings. The highest BCUT2D eigenvalue weighted by molar-refractivity contribution is 6.05. The summed E-state index contributed by atoms with van der Waals surface area (Å²) in [6.07, 6.45) is 2.17. The van der Waals surface area contributed by atoms with Gasteiger partial charge in [0.05, 0.1) is 12.0 Å². The van der Waals surface area contributed by atoms with Crippen LogP contribution in [0.1, 0.15) is 46.6 Å². The molecule has 0 radical (unpaired) electrons. The van der Waals surface area contributed by atoms with Crippen molar-refractivity contribution in [1.29, 1.82) is 0 Å². The van der Waals surface area contributed by atoms with Gasteiger partial charge in [-0.2, -0.15) is 0 Å². The average Bonchev–Trinajstić information content (AvgIpc) is 3.08. The molecule has 3 atom stereocenters. The molecule has 0 aromatic heterocycles. The van der Waals surface area contributed by atoms with Crippen LogP contribution in [0.3, 0.4) is 0 Å². The van der Waals surface area contributed by atoms with Crippen LogP contribution in [0, 0.1) is 11.3 Å². The number of rotatable bonds is 4. The summed E-state index contributed by atoms with van der Waals surface area (Å²) in [7, 11) is 0. The molecule has 1 aromatic rings. The van der Waals surface area contributed by atoms with Crippen LogP contribution in [0.25, 0.3) is 0 Å². The van der Waals surface area contributed by atoms with Gasteiger partial charge in [0.1, 0.15) is 11.6 Å². The Morgan fingerprint density at radius 1 is 1.21 bits per heavy atom. The van der Waals surface area contributed by atoms with Crippen LogP contribution in [0.5, 0.6) is 0 Å². The van der Waals surface area contributed by atoms with Gasteiger partial charge in [-0.1, -0.05) is 42.0 Å². The first-order valence-electron chi connectivity index (χ1n) is 10.1. The van der Waals surface area contributed by atoms with Crippen LogP contribution in [0.2, 0.25) is 0 Å². The van der Waals surface area contributed by atoms with Crippen molar-refractivity contribution in [2.45, 2.75) is 59.1 Å². The topological polar surface area (TPSA) is 72.9 Å². The van der Waals surface area contributed by atoms with Gasteiger partial charge < -0.3 is 9.47 Å². The molecule has 6 heteroatoms. The van der Waals surface area contributed by atoms with Crippen LogP contribution >= 0.6 is 0 Å². The molecular weight excluding hydrogens is 370 g/mol. The van der Waals surface area contributed by atoms with E-state index in [-0.39, 0.29) is 18.4 Å². The molecule has 1 aliphatic carbocycles. The molecule has 2 amide bonds. The van der Waals surface area contributed by atoms with E-state index in [1.807, 2.05) is 43.3 Å². The fourth-order valence-corrected chi connectivity index (χ4v) is 4.50. The summed E-state index contributed by atoms with van der Waals surface area (Å²) in [5, 5.41) is 0. The molecule has 0 bridgehead atoms. The second kappa shape index (κ2) is 7.65. The largest absolute Gasteiger partial charge is 0.464 e. The molecule has 0 unspecified atom stereocenters. The third-order valence-corrected chi connectivity index (χ3v) is 5.72. The van der Waals surface area contributed by atoms with E-state index in [4.69, 9.17) is 9.47 Å². The number of amides is 2. The Morgan fingerprint density at radius 3 is 2.45 bits per heavy atom. The Kier molecular flexibility index (Phi) is 5.57. The van der Waals surface area contributed by atoms with Crippen molar-refractivity contribution in [2.75, 3.05) is 6.61 Å².